The Morgan fingerprint density at radius 2 is 2.20 bits per heavy atom. The van der Waals surface area contributed by atoms with Crippen LogP contribution >= 0.6 is 0 Å². The van der Waals surface area contributed by atoms with Crippen LogP contribution in [0.2, 0.25) is 0 Å². The molecule has 5 unspecified atom stereocenters. The Kier molecular flexibility index (Phi) is 5.21. The van der Waals surface area contributed by atoms with E-state index in [1.54, 1.807) is 12.2 Å². The number of carbonyl (C=O) groups is 1. The van der Waals surface area contributed by atoms with Crippen molar-refractivity contribution in [3.8, 4) is 0 Å². The van der Waals surface area contributed by atoms with E-state index in [0.29, 0.717) is 12.2 Å². The van der Waals surface area contributed by atoms with Gasteiger partial charge in [-0.05, 0) is 24.6 Å². The first kappa shape index (κ1) is 18.0. The molecule has 9 nitrogen and oxygen atoms in total. The fourth-order valence-corrected chi connectivity index (χ4v) is 3.25. The minimum absolute atomic E-state index is 0.0435. The number of aliphatic imine (C=N–C) groups is 1. The Morgan fingerprint density at radius 3 is 2.88 bits per heavy atom. The van der Waals surface area contributed by atoms with E-state index < -0.39 is 43.2 Å². The maximum atomic E-state index is 11.4. The molecule has 0 spiro atoms. The quantitative estimate of drug-likeness (QED) is 0.398. The molecule has 6 N–H and O–H groups in total. The SMILES string of the molecule is CC(=O)NC1C(O)[C@H](O)C(CO)O[C@H]1OC1=CC2CC(N)N=C2C=C1. The van der Waals surface area contributed by atoms with Gasteiger partial charge in [-0.25, -0.2) is 0 Å². The molecule has 3 aliphatic rings. The molecule has 0 aromatic rings. The van der Waals surface area contributed by atoms with Crippen LogP contribution in [0.3, 0.4) is 0 Å². The van der Waals surface area contributed by atoms with Crippen molar-refractivity contribution in [3.05, 3.63) is 24.0 Å². The highest BCUT2D eigenvalue weighted by Gasteiger charge is 2.46. The predicted molar refractivity (Wildman–Crippen MR) is 87.2 cm³/mol. The van der Waals surface area contributed by atoms with Crippen molar-refractivity contribution in [2.24, 2.45) is 16.6 Å². The highest BCUT2D eigenvalue weighted by Crippen LogP contribution is 2.29. The molecule has 3 rings (SSSR count). The van der Waals surface area contributed by atoms with Crippen LogP contribution in [0.25, 0.3) is 0 Å². The van der Waals surface area contributed by atoms with Gasteiger partial charge in [0.15, 0.2) is 0 Å². The summed E-state index contributed by atoms with van der Waals surface area (Å²) in [5, 5.41) is 32.1. The van der Waals surface area contributed by atoms with E-state index in [-0.39, 0.29) is 12.1 Å². The number of ether oxygens (including phenoxy) is 2. The van der Waals surface area contributed by atoms with Crippen LogP contribution in [-0.2, 0) is 14.3 Å². The first-order chi connectivity index (χ1) is 11.9. The highest BCUT2D eigenvalue weighted by molar-refractivity contribution is 6.00. The van der Waals surface area contributed by atoms with Gasteiger partial charge in [-0.15, -0.1) is 0 Å². The fourth-order valence-electron chi connectivity index (χ4n) is 3.25. The second-order valence-corrected chi connectivity index (χ2v) is 6.42. The highest BCUT2D eigenvalue weighted by atomic mass is 16.7. The zero-order chi connectivity index (χ0) is 18.1. The van der Waals surface area contributed by atoms with Gasteiger partial charge in [-0.1, -0.05) is 0 Å². The number of carbonyl (C=O) groups excluding carboxylic acids is 1. The minimum atomic E-state index is -1.34. The number of allylic oxidation sites excluding steroid dienone is 3. The number of hydrogen-bond acceptors (Lipinski definition) is 8. The molecule has 0 aromatic heterocycles. The summed E-state index contributed by atoms with van der Waals surface area (Å²) in [6.45, 7) is 0.796. The largest absolute Gasteiger partial charge is 0.463 e. The van der Waals surface area contributed by atoms with Gasteiger partial charge in [-0.3, -0.25) is 9.79 Å². The molecule has 0 radical (unpaired) electrons. The number of rotatable bonds is 4. The van der Waals surface area contributed by atoms with E-state index in [2.05, 4.69) is 10.3 Å². The lowest BCUT2D eigenvalue weighted by Crippen LogP contribution is -2.64. The van der Waals surface area contributed by atoms with Gasteiger partial charge in [0.2, 0.25) is 12.2 Å². The van der Waals surface area contributed by atoms with Gasteiger partial charge in [-0.2, -0.15) is 0 Å². The number of fused-ring (bicyclic) bond motifs is 1. The van der Waals surface area contributed by atoms with Crippen LogP contribution < -0.4 is 11.1 Å². The van der Waals surface area contributed by atoms with Crippen molar-refractivity contribution in [1.82, 2.24) is 5.32 Å². The van der Waals surface area contributed by atoms with Crippen molar-refractivity contribution in [2.75, 3.05) is 6.61 Å². The van der Waals surface area contributed by atoms with Gasteiger partial charge in [0.1, 0.15) is 30.1 Å². The van der Waals surface area contributed by atoms with Crippen LogP contribution in [0.4, 0.5) is 0 Å². The minimum Gasteiger partial charge on any atom is -0.463 e. The number of aliphatic hydroxyl groups excluding tert-OH is 3. The molecule has 1 saturated heterocycles. The summed E-state index contributed by atoms with van der Waals surface area (Å²) >= 11 is 0. The molecule has 0 saturated carbocycles. The molecule has 9 heteroatoms. The van der Waals surface area contributed by atoms with Gasteiger partial charge < -0.3 is 35.8 Å². The van der Waals surface area contributed by atoms with Gasteiger partial charge in [0, 0.05) is 18.6 Å². The lowest BCUT2D eigenvalue weighted by molar-refractivity contribution is -0.258. The van der Waals surface area contributed by atoms with Crippen LogP contribution in [0.1, 0.15) is 13.3 Å². The second-order valence-electron chi connectivity index (χ2n) is 6.42. The summed E-state index contributed by atoms with van der Waals surface area (Å²) in [7, 11) is 0. The van der Waals surface area contributed by atoms with E-state index in [1.165, 1.54) is 6.92 Å². The van der Waals surface area contributed by atoms with Gasteiger partial charge >= 0.3 is 0 Å². The maximum Gasteiger partial charge on any atom is 0.223 e. The molecule has 138 valence electrons. The smallest absolute Gasteiger partial charge is 0.223 e. The lowest BCUT2D eigenvalue weighted by atomic mass is 9.95. The summed E-state index contributed by atoms with van der Waals surface area (Å²) in [5.74, 6) is 0.126. The van der Waals surface area contributed by atoms with Crippen LogP contribution in [0.5, 0.6) is 0 Å². The van der Waals surface area contributed by atoms with E-state index in [9.17, 15) is 20.1 Å². The number of nitrogens with zero attached hydrogens (tertiary/aromatic N) is 1. The van der Waals surface area contributed by atoms with Gasteiger partial charge in [0.05, 0.1) is 12.8 Å². The first-order valence-corrected chi connectivity index (χ1v) is 8.18. The molecular formula is C16H23N3O6. The zero-order valence-electron chi connectivity index (χ0n) is 13.8. The predicted octanol–water partition coefficient (Wildman–Crippen LogP) is -1.85. The summed E-state index contributed by atoms with van der Waals surface area (Å²) < 4.78 is 11.3. The maximum absolute atomic E-state index is 11.4. The van der Waals surface area contributed by atoms with E-state index in [1.807, 2.05) is 6.08 Å². The zero-order valence-corrected chi connectivity index (χ0v) is 13.8. The van der Waals surface area contributed by atoms with Crippen LogP contribution in [0, 0.1) is 5.92 Å². The molecular weight excluding hydrogens is 330 g/mol. The average molecular weight is 353 g/mol. The summed E-state index contributed by atoms with van der Waals surface area (Å²) in [6, 6.07) is -0.981. The molecule has 0 aromatic carbocycles. The third-order valence-corrected chi connectivity index (χ3v) is 4.48. The second kappa shape index (κ2) is 7.22. The fraction of sp³-hybridized carbons (Fsp3) is 0.625. The summed E-state index contributed by atoms with van der Waals surface area (Å²) in [4.78, 5) is 15.7. The summed E-state index contributed by atoms with van der Waals surface area (Å²) in [6.07, 6.45) is 1.02. The standard InChI is InChI=1S/C16H23N3O6/c1-7(21)18-13-15(23)14(22)11(6-20)25-16(13)24-9-2-3-10-8(4-9)5-12(17)19-10/h2-4,8,11-16,20,22-23H,5-6,17H2,1H3,(H,18,21)/t8?,11?,12?,13?,14-,15?,16-/m1/s1. The van der Waals surface area contributed by atoms with Crippen molar-refractivity contribution >= 4 is 11.6 Å². The monoisotopic (exact) mass is 353 g/mol. The topological polar surface area (TPSA) is 147 Å². The third-order valence-electron chi connectivity index (χ3n) is 4.48. The number of nitrogens with two attached hydrogens (primary N) is 1. The van der Waals surface area contributed by atoms with Gasteiger partial charge in [0.25, 0.3) is 0 Å². The number of nitrogens with one attached hydrogen (secondary N) is 1. The molecule has 1 fully saturated rings. The molecule has 0 bridgehead atoms. The Labute approximate surface area is 144 Å². The van der Waals surface area contributed by atoms with E-state index in [4.69, 9.17) is 15.2 Å². The normalized spacial score (nSPS) is 40.1. The van der Waals surface area contributed by atoms with Crippen molar-refractivity contribution in [3.63, 3.8) is 0 Å². The van der Waals surface area contributed by atoms with Crippen LogP contribution in [0.15, 0.2) is 29.0 Å². The Morgan fingerprint density at radius 1 is 1.44 bits per heavy atom. The number of aliphatic hydroxyl groups is 3. The molecule has 1 amide bonds. The summed E-state index contributed by atoms with van der Waals surface area (Å²) in [5.41, 5.74) is 6.70. The Hall–Kier alpha value is -1.78. The lowest BCUT2D eigenvalue weighted by Gasteiger charge is -2.42. The first-order valence-electron chi connectivity index (χ1n) is 8.18. The average Bonchev–Trinajstić information content (AvgIpc) is 2.93. The molecule has 2 aliphatic heterocycles. The van der Waals surface area contributed by atoms with Crippen molar-refractivity contribution < 1.29 is 29.6 Å². The third kappa shape index (κ3) is 3.75. The van der Waals surface area contributed by atoms with E-state index in [0.717, 1.165) is 5.71 Å². The Bertz CT molecular complexity index is 619. The van der Waals surface area contributed by atoms with Crippen molar-refractivity contribution in [1.29, 1.82) is 0 Å². The molecule has 1 aliphatic carbocycles. The van der Waals surface area contributed by atoms with Crippen molar-refractivity contribution in [2.45, 2.75) is 50.2 Å². The number of hydrogen-bond donors (Lipinski definition) is 5. The molecule has 25 heavy (non-hydrogen) atoms. The Balaban J connectivity index is 1.76. The van der Waals surface area contributed by atoms with E-state index >= 15 is 0 Å². The molecule has 7 atom stereocenters. The number of amides is 1. The molecule has 2 heterocycles. The van der Waals surface area contributed by atoms with Crippen LogP contribution in [-0.4, -0.2) is 70.4 Å².